The summed E-state index contributed by atoms with van der Waals surface area (Å²) in [6.07, 6.45) is -4.57. The molecule has 22 heteroatoms. The fraction of sp³-hybridized carbons (Fsp3) is 0.161. The Bertz CT molecular complexity index is 1940. The number of hydrogen-bond acceptors (Lipinski definition) is 6. The number of hydrogen-bond donors (Lipinski definition) is 6. The highest BCUT2D eigenvalue weighted by atomic mass is 79.9. The number of carboxylic acid groups (broad SMARTS) is 2. The summed E-state index contributed by atoms with van der Waals surface area (Å²) < 4.78 is 152. The molecule has 4 aromatic rings. The molecule has 53 heavy (non-hydrogen) atoms. The molecule has 0 bridgehead atoms. The predicted molar refractivity (Wildman–Crippen MR) is 165 cm³/mol. The highest BCUT2D eigenvalue weighted by molar-refractivity contribution is 9.10. The van der Waals surface area contributed by atoms with E-state index in [4.69, 9.17) is 30.6 Å². The first-order valence-corrected chi connectivity index (χ1v) is 14.5. The van der Waals surface area contributed by atoms with Gasteiger partial charge in [0.1, 0.15) is 28.8 Å². The number of carboxylic acids is 2. The Balaban J connectivity index is 0.000000678. The van der Waals surface area contributed by atoms with Gasteiger partial charge in [0.05, 0.1) is 20.1 Å². The number of aliphatic hydroxyl groups is 4. The first-order valence-electron chi connectivity index (χ1n) is 12.9. The van der Waals surface area contributed by atoms with Gasteiger partial charge in [-0.1, -0.05) is 7.43 Å². The van der Waals surface area contributed by atoms with E-state index >= 15 is 0 Å². The third kappa shape index (κ3) is 11.9. The molecular weight excluding hydrogens is 888 g/mol. The maximum Gasteiger partial charge on any atom is 0.341 e. The quantitative estimate of drug-likeness (QED) is 0.0516. The highest BCUT2D eigenvalue weighted by Gasteiger charge is 2.28. The van der Waals surface area contributed by atoms with Crippen molar-refractivity contribution < 1.29 is 92.9 Å². The SMILES string of the molecule is C.Cc1c(F)c(F)c(C(O)O)c(F)c1F.Cc1cc(F)c(C(O)O)cc1F.O=C(O)c1c(F)c(F)c(Br)c(F)c1F.O=C(O)c1cc(F)c(Br)cc1F. The van der Waals surface area contributed by atoms with Crippen molar-refractivity contribution in [3.63, 3.8) is 0 Å². The Kier molecular flexibility index (Phi) is 18.7. The summed E-state index contributed by atoms with van der Waals surface area (Å²) >= 11 is 4.96. The molecule has 0 unspecified atom stereocenters. The second-order valence-corrected chi connectivity index (χ2v) is 11.1. The molecule has 0 aliphatic rings. The maximum absolute atomic E-state index is 12.9. The molecule has 0 saturated carbocycles. The Hall–Kier alpha value is -4.22. The van der Waals surface area contributed by atoms with E-state index in [1.165, 1.54) is 6.92 Å². The van der Waals surface area contributed by atoms with E-state index in [9.17, 15) is 62.3 Å². The lowest BCUT2D eigenvalue weighted by molar-refractivity contribution is -0.0486. The number of carbonyl (C=O) groups is 2. The van der Waals surface area contributed by atoms with Crippen molar-refractivity contribution in [1.82, 2.24) is 0 Å². The van der Waals surface area contributed by atoms with Gasteiger partial charge in [-0.2, -0.15) is 0 Å². The summed E-state index contributed by atoms with van der Waals surface area (Å²) in [6.45, 7) is 2.23. The summed E-state index contributed by atoms with van der Waals surface area (Å²) in [5, 5.41) is 50.7. The molecule has 0 saturated heterocycles. The zero-order valence-corrected chi connectivity index (χ0v) is 28.4. The van der Waals surface area contributed by atoms with Crippen molar-refractivity contribution >= 4 is 43.8 Å². The fourth-order valence-electron chi connectivity index (χ4n) is 3.32. The van der Waals surface area contributed by atoms with Crippen molar-refractivity contribution in [2.45, 2.75) is 33.9 Å². The Morgan fingerprint density at radius 1 is 0.547 bits per heavy atom. The molecular formula is C31H22Br2F12O8. The van der Waals surface area contributed by atoms with E-state index in [0.717, 1.165) is 25.1 Å². The lowest BCUT2D eigenvalue weighted by Crippen LogP contribution is -2.10. The molecule has 0 heterocycles. The summed E-state index contributed by atoms with van der Waals surface area (Å²) in [5.41, 5.74) is -4.90. The van der Waals surface area contributed by atoms with Gasteiger partial charge in [-0.3, -0.25) is 0 Å². The summed E-state index contributed by atoms with van der Waals surface area (Å²) in [6, 6.07) is 3.10. The van der Waals surface area contributed by atoms with E-state index in [2.05, 4.69) is 31.9 Å². The van der Waals surface area contributed by atoms with Gasteiger partial charge in [0.2, 0.25) is 0 Å². The Morgan fingerprint density at radius 2 is 1.00 bits per heavy atom. The number of halogens is 14. The monoisotopic (exact) mass is 908 g/mol. The van der Waals surface area contributed by atoms with E-state index in [0.29, 0.717) is 6.07 Å². The number of aryl methyl sites for hydroxylation is 1. The van der Waals surface area contributed by atoms with Crippen LogP contribution in [0, 0.1) is 83.7 Å². The lowest BCUT2D eigenvalue weighted by atomic mass is 10.1. The molecule has 0 aliphatic carbocycles. The molecule has 0 spiro atoms. The standard InChI is InChI=1S/C8H6F4O2.C8H8F2O2.C7HBrF4O2.C7H3BrF2O2.CH4/c1-2-4(9)6(11)3(8(13)14)7(12)5(2)10;1-4-2-7(10)5(8(11)12)3-6(4)9;8-2-5(11)3(9)1(7(13)14)4(10)6(2)12;8-4-2-5(9)3(7(11)12)1-6(4)10;/h8,13-14H,1H3;2-3,8,11-12H,1H3;(H,13,14);1-2H,(H,11,12);1H4. The summed E-state index contributed by atoms with van der Waals surface area (Å²) in [7, 11) is 0. The second-order valence-electron chi connectivity index (χ2n) is 9.47. The molecule has 6 N–H and O–H groups in total. The van der Waals surface area contributed by atoms with Gasteiger partial charge in [0.25, 0.3) is 0 Å². The first-order chi connectivity index (χ1) is 23.8. The second kappa shape index (κ2) is 20.3. The van der Waals surface area contributed by atoms with Gasteiger partial charge in [0.15, 0.2) is 59.1 Å². The van der Waals surface area contributed by atoms with Crippen LogP contribution in [0.4, 0.5) is 52.7 Å². The number of aromatic carboxylic acids is 2. The average Bonchev–Trinajstić information content (AvgIpc) is 3.04. The molecule has 0 aromatic heterocycles. The van der Waals surface area contributed by atoms with Crippen LogP contribution in [-0.2, 0) is 0 Å². The van der Waals surface area contributed by atoms with Gasteiger partial charge >= 0.3 is 11.9 Å². The predicted octanol–water partition coefficient (Wildman–Crippen LogP) is 8.56. The fourth-order valence-corrected chi connectivity index (χ4v) is 3.99. The minimum atomic E-state index is -2.60. The normalized spacial score (nSPS) is 10.4. The molecule has 292 valence electrons. The van der Waals surface area contributed by atoms with Gasteiger partial charge in [-0.05, 0) is 75.5 Å². The largest absolute Gasteiger partial charge is 0.478 e. The minimum Gasteiger partial charge on any atom is -0.478 e. The molecule has 0 radical (unpaired) electrons. The summed E-state index contributed by atoms with van der Waals surface area (Å²) in [4.78, 5) is 20.5. The molecule has 0 aliphatic heterocycles. The lowest BCUT2D eigenvalue weighted by Gasteiger charge is -2.10. The number of rotatable bonds is 4. The van der Waals surface area contributed by atoms with E-state index in [1.54, 1.807) is 0 Å². The van der Waals surface area contributed by atoms with Gasteiger partial charge in [-0.15, -0.1) is 0 Å². The molecule has 8 nitrogen and oxygen atoms in total. The Morgan fingerprint density at radius 3 is 1.38 bits per heavy atom. The van der Waals surface area contributed by atoms with Gasteiger partial charge < -0.3 is 30.6 Å². The number of benzene rings is 4. The number of aliphatic hydroxyl groups excluding tert-OH is 2. The van der Waals surface area contributed by atoms with Gasteiger partial charge in [-0.25, -0.2) is 62.3 Å². The molecule has 4 aromatic carbocycles. The van der Waals surface area contributed by atoms with Crippen LogP contribution < -0.4 is 0 Å². The zero-order chi connectivity index (χ0) is 40.7. The van der Waals surface area contributed by atoms with Crippen molar-refractivity contribution in [3.05, 3.63) is 136 Å². The van der Waals surface area contributed by atoms with Crippen LogP contribution in [0.15, 0.2) is 33.2 Å². The third-order valence-electron chi connectivity index (χ3n) is 6.00. The third-order valence-corrected chi connectivity index (χ3v) is 7.30. The van der Waals surface area contributed by atoms with Crippen LogP contribution in [0.25, 0.3) is 0 Å². The van der Waals surface area contributed by atoms with Crippen molar-refractivity contribution in [1.29, 1.82) is 0 Å². The zero-order valence-electron chi connectivity index (χ0n) is 25.3. The van der Waals surface area contributed by atoms with Crippen LogP contribution in [0.3, 0.4) is 0 Å². The molecule has 0 fully saturated rings. The first kappa shape index (κ1) is 48.8. The van der Waals surface area contributed by atoms with E-state index in [1.807, 2.05) is 0 Å². The minimum absolute atomic E-state index is 0. The smallest absolute Gasteiger partial charge is 0.341 e. The van der Waals surface area contributed by atoms with Crippen LogP contribution >= 0.6 is 31.9 Å². The van der Waals surface area contributed by atoms with Crippen molar-refractivity contribution in [2.75, 3.05) is 0 Å². The van der Waals surface area contributed by atoms with Crippen LogP contribution in [-0.4, -0.2) is 42.6 Å². The van der Waals surface area contributed by atoms with Crippen LogP contribution in [0.1, 0.15) is 63.0 Å². The summed E-state index contributed by atoms with van der Waals surface area (Å²) in [5.74, 6) is -21.1. The molecule has 0 atom stereocenters. The van der Waals surface area contributed by atoms with Crippen molar-refractivity contribution in [2.24, 2.45) is 0 Å². The van der Waals surface area contributed by atoms with Crippen LogP contribution in [0.5, 0.6) is 0 Å². The molecule has 4 rings (SSSR count). The van der Waals surface area contributed by atoms with E-state index in [-0.39, 0.29) is 17.5 Å². The van der Waals surface area contributed by atoms with Crippen molar-refractivity contribution in [3.8, 4) is 0 Å². The average molecular weight is 910 g/mol. The molecule has 0 amide bonds. The highest BCUT2D eigenvalue weighted by Crippen LogP contribution is 2.29. The van der Waals surface area contributed by atoms with E-state index < -0.39 is 127 Å². The topological polar surface area (TPSA) is 156 Å². The van der Waals surface area contributed by atoms with Crippen LogP contribution in [0.2, 0.25) is 0 Å². The Labute approximate surface area is 306 Å². The van der Waals surface area contributed by atoms with Gasteiger partial charge in [0, 0.05) is 11.1 Å². The maximum atomic E-state index is 12.9.